The number of nitrogens with zero attached hydrogens (tertiary/aromatic N) is 1. The van der Waals surface area contributed by atoms with Gasteiger partial charge in [-0.2, -0.15) is 0 Å². The van der Waals surface area contributed by atoms with Crippen LogP contribution in [0.1, 0.15) is 34.0 Å². The van der Waals surface area contributed by atoms with E-state index in [0.717, 1.165) is 12.8 Å². The molecule has 4 atom stereocenters. The topological polar surface area (TPSA) is 80.0 Å². The van der Waals surface area contributed by atoms with Crippen LogP contribution in [0.4, 0.5) is 0 Å². The molecule has 6 nitrogen and oxygen atoms in total. The summed E-state index contributed by atoms with van der Waals surface area (Å²) in [4.78, 5) is 24.9. The van der Waals surface area contributed by atoms with Crippen LogP contribution in [-0.4, -0.2) is 47.2 Å². The number of hydrogen-bond donors (Lipinski definition) is 1. The summed E-state index contributed by atoms with van der Waals surface area (Å²) >= 11 is 0. The van der Waals surface area contributed by atoms with E-state index in [4.69, 9.17) is 14.3 Å². The first-order valence-corrected chi connectivity index (χ1v) is 6.91. The molecule has 4 unspecified atom stereocenters. The number of carboxylic acids is 1. The molecule has 1 aromatic heterocycles. The molecule has 3 saturated heterocycles. The Morgan fingerprint density at radius 1 is 1.10 bits per heavy atom. The van der Waals surface area contributed by atoms with E-state index in [9.17, 15) is 9.59 Å². The number of aromatic carboxylic acids is 1. The lowest BCUT2D eigenvalue weighted by molar-refractivity contribution is 0.0570. The highest BCUT2D eigenvalue weighted by molar-refractivity contribution is 5.93. The lowest BCUT2D eigenvalue weighted by Gasteiger charge is -2.17. The summed E-state index contributed by atoms with van der Waals surface area (Å²) < 4.78 is 11.0. The molecule has 4 heterocycles. The highest BCUT2D eigenvalue weighted by atomic mass is 16.5. The molecule has 3 aliphatic rings. The first-order valence-electron chi connectivity index (χ1n) is 6.91. The molecule has 0 radical (unpaired) electrons. The van der Waals surface area contributed by atoms with Gasteiger partial charge in [0.15, 0.2) is 5.76 Å². The van der Waals surface area contributed by atoms with Crippen LogP contribution in [0.2, 0.25) is 0 Å². The Morgan fingerprint density at radius 3 is 2.25 bits per heavy atom. The maximum Gasteiger partial charge on any atom is 0.371 e. The Bertz CT molecular complexity index is 562. The number of furan rings is 1. The van der Waals surface area contributed by atoms with Crippen LogP contribution < -0.4 is 0 Å². The lowest BCUT2D eigenvalue weighted by Crippen LogP contribution is -2.31. The van der Waals surface area contributed by atoms with Crippen molar-refractivity contribution in [2.45, 2.75) is 25.0 Å². The van der Waals surface area contributed by atoms with Crippen LogP contribution in [-0.2, 0) is 4.74 Å². The monoisotopic (exact) mass is 277 g/mol. The molecule has 6 heteroatoms. The predicted molar refractivity (Wildman–Crippen MR) is 66.4 cm³/mol. The minimum absolute atomic E-state index is 0.107. The van der Waals surface area contributed by atoms with Gasteiger partial charge in [0.1, 0.15) is 0 Å². The van der Waals surface area contributed by atoms with Crippen molar-refractivity contribution in [3.63, 3.8) is 0 Å². The molecular weight excluding hydrogens is 262 g/mol. The van der Waals surface area contributed by atoms with Crippen molar-refractivity contribution in [2.75, 3.05) is 13.1 Å². The fourth-order valence-corrected chi connectivity index (χ4v) is 3.85. The van der Waals surface area contributed by atoms with E-state index >= 15 is 0 Å². The van der Waals surface area contributed by atoms with Crippen molar-refractivity contribution in [1.82, 2.24) is 4.90 Å². The van der Waals surface area contributed by atoms with Crippen molar-refractivity contribution in [3.05, 3.63) is 23.7 Å². The van der Waals surface area contributed by atoms with E-state index in [2.05, 4.69) is 0 Å². The first kappa shape index (κ1) is 12.0. The molecule has 4 rings (SSSR count). The molecule has 3 fully saturated rings. The third-order valence-electron chi connectivity index (χ3n) is 4.77. The van der Waals surface area contributed by atoms with E-state index in [-0.39, 0.29) is 17.4 Å². The van der Waals surface area contributed by atoms with Gasteiger partial charge >= 0.3 is 5.97 Å². The third-order valence-corrected chi connectivity index (χ3v) is 4.77. The normalized spacial score (nSPS) is 34.5. The summed E-state index contributed by atoms with van der Waals surface area (Å²) in [5.41, 5.74) is 0. The molecule has 20 heavy (non-hydrogen) atoms. The van der Waals surface area contributed by atoms with Crippen LogP contribution in [0.3, 0.4) is 0 Å². The molecule has 3 aliphatic heterocycles. The van der Waals surface area contributed by atoms with Crippen LogP contribution in [0, 0.1) is 11.8 Å². The van der Waals surface area contributed by atoms with Crippen LogP contribution in [0.5, 0.6) is 0 Å². The van der Waals surface area contributed by atoms with Gasteiger partial charge in [-0.05, 0) is 25.0 Å². The average Bonchev–Trinajstić information content (AvgIpc) is 3.17. The molecular formula is C14H15NO5. The summed E-state index contributed by atoms with van der Waals surface area (Å²) in [6.07, 6.45) is 2.79. The van der Waals surface area contributed by atoms with Crippen molar-refractivity contribution in [3.8, 4) is 0 Å². The van der Waals surface area contributed by atoms with Gasteiger partial charge in [-0.15, -0.1) is 0 Å². The maximum atomic E-state index is 12.3. The second-order valence-electron chi connectivity index (χ2n) is 5.80. The van der Waals surface area contributed by atoms with E-state index in [1.54, 1.807) is 4.90 Å². The number of fused-ring (bicyclic) bond motifs is 5. The number of carbonyl (C=O) groups is 2. The number of carbonyl (C=O) groups excluding carboxylic acids is 1. The Morgan fingerprint density at radius 2 is 1.70 bits per heavy atom. The lowest BCUT2D eigenvalue weighted by atomic mass is 9.82. The van der Waals surface area contributed by atoms with Gasteiger partial charge in [-0.3, -0.25) is 4.79 Å². The molecule has 2 bridgehead atoms. The van der Waals surface area contributed by atoms with Crippen LogP contribution in [0.15, 0.2) is 16.5 Å². The van der Waals surface area contributed by atoms with Gasteiger partial charge < -0.3 is 19.2 Å². The highest BCUT2D eigenvalue weighted by Crippen LogP contribution is 2.47. The zero-order chi connectivity index (χ0) is 13.9. The largest absolute Gasteiger partial charge is 0.475 e. The zero-order valence-electron chi connectivity index (χ0n) is 10.8. The Hall–Kier alpha value is -1.82. The molecule has 0 saturated carbocycles. The van der Waals surface area contributed by atoms with Gasteiger partial charge in [-0.25, -0.2) is 4.79 Å². The number of likely N-dealkylation sites (tertiary alicyclic amines) is 1. The average molecular weight is 277 g/mol. The summed E-state index contributed by atoms with van der Waals surface area (Å²) in [7, 11) is 0. The predicted octanol–water partition coefficient (Wildman–Crippen LogP) is 1.23. The van der Waals surface area contributed by atoms with Crippen molar-refractivity contribution >= 4 is 11.9 Å². The van der Waals surface area contributed by atoms with E-state index in [1.807, 2.05) is 0 Å². The quantitative estimate of drug-likeness (QED) is 0.879. The van der Waals surface area contributed by atoms with Gasteiger partial charge in [0.05, 0.1) is 12.2 Å². The first-order chi connectivity index (χ1) is 9.63. The van der Waals surface area contributed by atoms with Crippen LogP contribution >= 0.6 is 0 Å². The van der Waals surface area contributed by atoms with Crippen molar-refractivity contribution < 1.29 is 23.8 Å². The van der Waals surface area contributed by atoms with Crippen LogP contribution in [0.25, 0.3) is 0 Å². The maximum absolute atomic E-state index is 12.3. The molecule has 106 valence electrons. The minimum Gasteiger partial charge on any atom is -0.475 e. The van der Waals surface area contributed by atoms with Crippen molar-refractivity contribution in [1.29, 1.82) is 0 Å². The highest BCUT2D eigenvalue weighted by Gasteiger charge is 2.53. The summed E-state index contributed by atoms with van der Waals surface area (Å²) in [6, 6.07) is 2.75. The number of ether oxygens (including phenoxy) is 1. The Kier molecular flexibility index (Phi) is 2.44. The van der Waals surface area contributed by atoms with E-state index in [0.29, 0.717) is 37.1 Å². The second kappa shape index (κ2) is 4.09. The molecule has 0 aliphatic carbocycles. The number of carboxylic acid groups (broad SMARTS) is 1. The molecule has 0 aromatic carbocycles. The Balaban J connectivity index is 1.51. The summed E-state index contributed by atoms with van der Waals surface area (Å²) in [5, 5.41) is 8.82. The van der Waals surface area contributed by atoms with E-state index < -0.39 is 5.97 Å². The van der Waals surface area contributed by atoms with Gasteiger partial charge in [-0.1, -0.05) is 0 Å². The third kappa shape index (κ3) is 1.61. The standard InChI is InChI=1S/C14H15NO5/c16-13(11-3-4-12(20-11)14(17)18)15-5-7-8(6-15)10-2-1-9(7)19-10/h3-4,7-10H,1-2,5-6H2,(H,17,18). The number of amides is 1. The van der Waals surface area contributed by atoms with Gasteiger partial charge in [0.2, 0.25) is 5.76 Å². The number of rotatable bonds is 2. The Labute approximate surface area is 115 Å². The summed E-state index contributed by atoms with van der Waals surface area (Å²) in [5.74, 6) is -0.593. The molecule has 1 N–H and O–H groups in total. The fourth-order valence-electron chi connectivity index (χ4n) is 3.85. The summed E-state index contributed by atoms with van der Waals surface area (Å²) in [6.45, 7) is 1.38. The molecule has 1 aromatic rings. The molecule has 1 amide bonds. The van der Waals surface area contributed by atoms with Crippen molar-refractivity contribution in [2.24, 2.45) is 11.8 Å². The second-order valence-corrected chi connectivity index (χ2v) is 5.80. The SMILES string of the molecule is O=C(O)c1ccc(C(=O)N2CC3C4CCC(O4)C3C2)o1. The fraction of sp³-hybridized carbons (Fsp3) is 0.571. The smallest absolute Gasteiger partial charge is 0.371 e. The van der Waals surface area contributed by atoms with Gasteiger partial charge in [0.25, 0.3) is 5.91 Å². The molecule has 0 spiro atoms. The number of hydrogen-bond acceptors (Lipinski definition) is 4. The van der Waals surface area contributed by atoms with E-state index in [1.165, 1.54) is 12.1 Å². The zero-order valence-corrected chi connectivity index (χ0v) is 10.8. The minimum atomic E-state index is -1.16. The van der Waals surface area contributed by atoms with Gasteiger partial charge in [0, 0.05) is 24.9 Å².